The maximum atomic E-state index is 14.9. The van der Waals surface area contributed by atoms with Crippen LogP contribution in [0.15, 0.2) is 47.8 Å². The number of aromatic amines is 1. The fourth-order valence-electron chi connectivity index (χ4n) is 4.49. The van der Waals surface area contributed by atoms with Gasteiger partial charge in [-0.1, -0.05) is 6.07 Å². The Morgan fingerprint density at radius 1 is 1.21 bits per heavy atom. The molecular weight excluding hydrogens is 525 g/mol. The van der Waals surface area contributed by atoms with Gasteiger partial charge in [0.15, 0.2) is 21.5 Å². The van der Waals surface area contributed by atoms with E-state index in [-0.39, 0.29) is 23.6 Å². The Kier molecular flexibility index (Phi) is 7.30. The summed E-state index contributed by atoms with van der Waals surface area (Å²) in [5, 5.41) is 6.49. The van der Waals surface area contributed by atoms with Crippen LogP contribution >= 0.6 is 0 Å². The number of fused-ring (bicyclic) bond motifs is 1. The second-order valence-electron chi connectivity index (χ2n) is 9.34. The molecule has 1 fully saturated rings. The Morgan fingerprint density at radius 3 is 2.72 bits per heavy atom. The van der Waals surface area contributed by atoms with Crippen LogP contribution in [-0.2, 0) is 19.4 Å². The van der Waals surface area contributed by atoms with Crippen molar-refractivity contribution in [3.8, 4) is 11.3 Å². The zero-order valence-corrected chi connectivity index (χ0v) is 22.5. The van der Waals surface area contributed by atoms with Gasteiger partial charge >= 0.3 is 0 Å². The number of carbonyl (C=O) groups is 1. The standard InChI is InChI=1S/C26H28FN7O4S/c1-15-13-30-26(31-19-5-4-6-20(21(19)27)39(3,36)37)32-22(15)18-14-29-23-17(18)7-8-28-24(23)33-25(35)16(2)34-9-11-38-12-10-34/h4-8,13-14,16,29H,9-12H2,1-3H3,(H,28,33,35)(H,30,31,32)/t16-/m1/s1. The van der Waals surface area contributed by atoms with Gasteiger partial charge < -0.3 is 20.4 Å². The van der Waals surface area contributed by atoms with Gasteiger partial charge in [0.05, 0.1) is 36.2 Å². The number of benzene rings is 1. The van der Waals surface area contributed by atoms with Crippen molar-refractivity contribution in [2.45, 2.75) is 24.8 Å². The predicted octanol–water partition coefficient (Wildman–Crippen LogP) is 3.27. The summed E-state index contributed by atoms with van der Waals surface area (Å²) in [5.74, 6) is -0.586. The van der Waals surface area contributed by atoms with Gasteiger partial charge in [0.1, 0.15) is 4.90 Å². The van der Waals surface area contributed by atoms with Crippen LogP contribution in [-0.4, -0.2) is 77.8 Å². The van der Waals surface area contributed by atoms with Crippen molar-refractivity contribution in [2.24, 2.45) is 0 Å². The number of halogens is 1. The van der Waals surface area contributed by atoms with E-state index < -0.39 is 20.5 Å². The van der Waals surface area contributed by atoms with Crippen LogP contribution in [0, 0.1) is 12.7 Å². The van der Waals surface area contributed by atoms with Gasteiger partial charge in [-0.3, -0.25) is 9.69 Å². The zero-order valence-electron chi connectivity index (χ0n) is 21.7. The van der Waals surface area contributed by atoms with Gasteiger partial charge in [-0.25, -0.2) is 27.8 Å². The van der Waals surface area contributed by atoms with Gasteiger partial charge in [-0.05, 0) is 37.6 Å². The molecule has 3 N–H and O–H groups in total. The largest absolute Gasteiger partial charge is 0.379 e. The molecule has 1 amide bonds. The molecule has 3 aromatic heterocycles. The second kappa shape index (κ2) is 10.7. The average Bonchev–Trinajstić information content (AvgIpc) is 3.35. The number of carbonyl (C=O) groups excluding carboxylic acids is 1. The number of aryl methyl sites for hydroxylation is 1. The Labute approximate surface area is 224 Å². The molecule has 0 spiro atoms. The van der Waals surface area contributed by atoms with Crippen molar-refractivity contribution in [1.82, 2.24) is 24.8 Å². The smallest absolute Gasteiger partial charge is 0.242 e. The predicted molar refractivity (Wildman–Crippen MR) is 145 cm³/mol. The molecule has 0 radical (unpaired) electrons. The Balaban J connectivity index is 1.44. The molecule has 1 atom stereocenters. The van der Waals surface area contributed by atoms with Crippen LogP contribution in [0.25, 0.3) is 22.2 Å². The molecule has 0 saturated carbocycles. The van der Waals surface area contributed by atoms with E-state index in [1.807, 2.05) is 19.9 Å². The summed E-state index contributed by atoms with van der Waals surface area (Å²) in [4.78, 5) is 31.0. The van der Waals surface area contributed by atoms with Gasteiger partial charge in [0.2, 0.25) is 11.9 Å². The fourth-order valence-corrected chi connectivity index (χ4v) is 5.25. The van der Waals surface area contributed by atoms with E-state index in [2.05, 4.69) is 35.5 Å². The van der Waals surface area contributed by atoms with E-state index in [1.165, 1.54) is 18.2 Å². The molecule has 13 heteroatoms. The van der Waals surface area contributed by atoms with Gasteiger partial charge in [0.25, 0.3) is 0 Å². The average molecular weight is 554 g/mol. The van der Waals surface area contributed by atoms with E-state index in [0.717, 1.165) is 22.8 Å². The number of morpholine rings is 1. The van der Waals surface area contributed by atoms with Crippen molar-refractivity contribution in [3.63, 3.8) is 0 Å². The van der Waals surface area contributed by atoms with Crippen LogP contribution in [0.4, 0.5) is 21.8 Å². The lowest BCUT2D eigenvalue weighted by molar-refractivity contribution is -0.122. The third-order valence-corrected chi connectivity index (χ3v) is 7.77. The number of sulfone groups is 1. The highest BCUT2D eigenvalue weighted by Crippen LogP contribution is 2.33. The highest BCUT2D eigenvalue weighted by molar-refractivity contribution is 7.90. The second-order valence-corrected chi connectivity index (χ2v) is 11.3. The van der Waals surface area contributed by atoms with E-state index in [9.17, 15) is 17.6 Å². The summed E-state index contributed by atoms with van der Waals surface area (Å²) in [5.41, 5.74) is 2.64. The molecule has 0 aliphatic carbocycles. The summed E-state index contributed by atoms with van der Waals surface area (Å²) < 4.78 is 44.1. The number of aromatic nitrogens is 4. The normalized spacial score (nSPS) is 15.3. The molecule has 5 rings (SSSR count). The van der Waals surface area contributed by atoms with Crippen molar-refractivity contribution in [3.05, 3.63) is 54.2 Å². The first-order valence-electron chi connectivity index (χ1n) is 12.3. The lowest BCUT2D eigenvalue weighted by atomic mass is 10.1. The first kappa shape index (κ1) is 26.7. The number of pyridine rings is 1. The number of amides is 1. The Morgan fingerprint density at radius 2 is 1.97 bits per heavy atom. The molecule has 39 heavy (non-hydrogen) atoms. The molecule has 11 nitrogen and oxygen atoms in total. The summed E-state index contributed by atoms with van der Waals surface area (Å²) in [6.07, 6.45) is 5.91. The quantitative estimate of drug-likeness (QED) is 0.314. The van der Waals surface area contributed by atoms with E-state index in [4.69, 9.17) is 4.74 Å². The number of hydrogen-bond acceptors (Lipinski definition) is 9. The van der Waals surface area contributed by atoms with Crippen LogP contribution in [0.2, 0.25) is 0 Å². The lowest BCUT2D eigenvalue weighted by Crippen LogP contribution is -2.47. The lowest BCUT2D eigenvalue weighted by Gasteiger charge is -2.31. The molecular formula is C26H28FN7O4S. The highest BCUT2D eigenvalue weighted by Gasteiger charge is 2.25. The first-order chi connectivity index (χ1) is 18.6. The maximum absolute atomic E-state index is 14.9. The zero-order chi connectivity index (χ0) is 27.7. The van der Waals surface area contributed by atoms with E-state index in [0.29, 0.717) is 43.3 Å². The van der Waals surface area contributed by atoms with E-state index >= 15 is 0 Å². The number of rotatable bonds is 7. The van der Waals surface area contributed by atoms with Crippen LogP contribution < -0.4 is 10.6 Å². The highest BCUT2D eigenvalue weighted by atomic mass is 32.2. The number of hydrogen-bond donors (Lipinski definition) is 3. The molecule has 0 bridgehead atoms. The minimum Gasteiger partial charge on any atom is -0.379 e. The number of nitrogens with zero attached hydrogens (tertiary/aromatic N) is 4. The monoisotopic (exact) mass is 553 g/mol. The molecule has 4 aromatic rings. The topological polar surface area (TPSA) is 142 Å². The minimum absolute atomic E-state index is 0.0600. The van der Waals surface area contributed by atoms with E-state index in [1.54, 1.807) is 18.6 Å². The summed E-state index contributed by atoms with van der Waals surface area (Å²) >= 11 is 0. The molecule has 1 aliphatic heterocycles. The molecule has 1 saturated heterocycles. The van der Waals surface area contributed by atoms with Crippen LogP contribution in [0.5, 0.6) is 0 Å². The molecule has 1 aromatic carbocycles. The van der Waals surface area contributed by atoms with Gasteiger partial charge in [0, 0.05) is 48.9 Å². The summed E-state index contributed by atoms with van der Waals surface area (Å²) in [6, 6.07) is 5.53. The molecule has 204 valence electrons. The fraction of sp³-hybridized carbons (Fsp3) is 0.308. The first-order valence-corrected chi connectivity index (χ1v) is 14.2. The number of ether oxygens (including phenoxy) is 1. The number of anilines is 3. The molecule has 1 aliphatic rings. The van der Waals surface area contributed by atoms with Crippen molar-refractivity contribution in [2.75, 3.05) is 43.2 Å². The summed E-state index contributed by atoms with van der Waals surface area (Å²) in [7, 11) is -3.75. The van der Waals surface area contributed by atoms with Crippen molar-refractivity contribution in [1.29, 1.82) is 0 Å². The number of nitrogens with one attached hydrogen (secondary N) is 3. The third-order valence-electron chi connectivity index (χ3n) is 6.65. The van der Waals surface area contributed by atoms with Crippen molar-refractivity contribution < 1.29 is 22.3 Å². The minimum atomic E-state index is -3.75. The van der Waals surface area contributed by atoms with Crippen LogP contribution in [0.3, 0.4) is 0 Å². The van der Waals surface area contributed by atoms with Gasteiger partial charge in [-0.15, -0.1) is 0 Å². The van der Waals surface area contributed by atoms with Crippen LogP contribution in [0.1, 0.15) is 12.5 Å². The Bertz CT molecular complexity index is 1650. The SMILES string of the molecule is Cc1cnc(Nc2cccc(S(C)(=O)=O)c2F)nc1-c1c[nH]c2c(NC(=O)[C@@H](C)N3CCOCC3)nccc12. The maximum Gasteiger partial charge on any atom is 0.242 e. The molecule has 0 unspecified atom stereocenters. The third kappa shape index (κ3) is 5.46. The summed E-state index contributed by atoms with van der Waals surface area (Å²) in [6.45, 7) is 6.26. The van der Waals surface area contributed by atoms with Crippen molar-refractivity contribution >= 4 is 44.1 Å². The number of H-pyrrole nitrogens is 1. The van der Waals surface area contributed by atoms with Gasteiger partial charge in [-0.2, -0.15) is 0 Å². The molecule has 4 heterocycles. The Hall–Kier alpha value is -3.94.